The SMILES string of the molecule is C=CCOc1ccccc1C=NNC(=O)COc1ccc(OCCCC)cc1. The first-order valence-corrected chi connectivity index (χ1v) is 9.23. The molecule has 2 aromatic carbocycles. The van der Waals surface area contributed by atoms with Crippen molar-refractivity contribution in [3.8, 4) is 17.2 Å². The Kier molecular flexibility index (Phi) is 9.14. The zero-order valence-electron chi connectivity index (χ0n) is 16.1. The highest BCUT2D eigenvalue weighted by atomic mass is 16.5. The van der Waals surface area contributed by atoms with Gasteiger partial charge in [0.25, 0.3) is 5.91 Å². The maximum Gasteiger partial charge on any atom is 0.277 e. The lowest BCUT2D eigenvalue weighted by Crippen LogP contribution is -2.24. The molecule has 0 fully saturated rings. The van der Waals surface area contributed by atoms with Crippen molar-refractivity contribution in [1.82, 2.24) is 5.43 Å². The molecule has 148 valence electrons. The molecule has 28 heavy (non-hydrogen) atoms. The van der Waals surface area contributed by atoms with Gasteiger partial charge in [0.05, 0.1) is 12.8 Å². The number of hydrogen-bond acceptors (Lipinski definition) is 5. The number of hydrazone groups is 1. The third-order valence-corrected chi connectivity index (χ3v) is 3.63. The van der Waals surface area contributed by atoms with Crippen molar-refractivity contribution in [2.75, 3.05) is 19.8 Å². The zero-order valence-corrected chi connectivity index (χ0v) is 16.1. The monoisotopic (exact) mass is 382 g/mol. The lowest BCUT2D eigenvalue weighted by atomic mass is 10.2. The minimum Gasteiger partial charge on any atom is -0.494 e. The zero-order chi connectivity index (χ0) is 20.0. The predicted octanol–water partition coefficient (Wildman–Crippen LogP) is 3.96. The van der Waals surface area contributed by atoms with E-state index in [1.165, 1.54) is 6.21 Å². The van der Waals surface area contributed by atoms with Crippen LogP contribution in [-0.4, -0.2) is 31.9 Å². The summed E-state index contributed by atoms with van der Waals surface area (Å²) in [5.74, 6) is 1.68. The topological polar surface area (TPSA) is 69.2 Å². The van der Waals surface area contributed by atoms with Gasteiger partial charge in [0, 0.05) is 5.56 Å². The van der Waals surface area contributed by atoms with E-state index in [2.05, 4.69) is 24.0 Å². The quantitative estimate of drug-likeness (QED) is 0.261. The number of nitrogens with one attached hydrogen (secondary N) is 1. The number of amides is 1. The molecule has 0 saturated carbocycles. The van der Waals surface area contributed by atoms with Gasteiger partial charge in [-0.2, -0.15) is 5.10 Å². The smallest absolute Gasteiger partial charge is 0.277 e. The fraction of sp³-hybridized carbons (Fsp3) is 0.273. The van der Waals surface area contributed by atoms with E-state index in [0.29, 0.717) is 24.7 Å². The molecule has 0 aromatic heterocycles. The number of carbonyl (C=O) groups excluding carboxylic acids is 1. The van der Waals surface area contributed by atoms with Gasteiger partial charge in [0.1, 0.15) is 23.9 Å². The number of hydrogen-bond donors (Lipinski definition) is 1. The van der Waals surface area contributed by atoms with E-state index >= 15 is 0 Å². The molecular weight excluding hydrogens is 356 g/mol. The molecule has 0 aliphatic carbocycles. The van der Waals surface area contributed by atoms with Gasteiger partial charge in [0.15, 0.2) is 6.61 Å². The van der Waals surface area contributed by atoms with Gasteiger partial charge in [0.2, 0.25) is 0 Å². The molecule has 0 unspecified atom stereocenters. The number of para-hydroxylation sites is 1. The number of carbonyl (C=O) groups is 1. The van der Waals surface area contributed by atoms with Crippen molar-refractivity contribution in [3.05, 3.63) is 66.7 Å². The van der Waals surface area contributed by atoms with E-state index in [1.807, 2.05) is 36.4 Å². The summed E-state index contributed by atoms with van der Waals surface area (Å²) in [4.78, 5) is 11.9. The first-order valence-electron chi connectivity index (χ1n) is 9.23. The summed E-state index contributed by atoms with van der Waals surface area (Å²) in [5.41, 5.74) is 3.19. The average molecular weight is 382 g/mol. The molecule has 6 heteroatoms. The second-order valence-corrected chi connectivity index (χ2v) is 5.89. The van der Waals surface area contributed by atoms with Crippen molar-refractivity contribution >= 4 is 12.1 Å². The van der Waals surface area contributed by atoms with Crippen LogP contribution in [0.4, 0.5) is 0 Å². The van der Waals surface area contributed by atoms with Gasteiger partial charge in [-0.15, -0.1) is 0 Å². The summed E-state index contributed by atoms with van der Waals surface area (Å²) in [6.07, 6.45) is 5.30. The summed E-state index contributed by atoms with van der Waals surface area (Å²) < 4.78 is 16.6. The first kappa shape index (κ1) is 21.0. The van der Waals surface area contributed by atoms with Crippen molar-refractivity contribution in [2.45, 2.75) is 19.8 Å². The van der Waals surface area contributed by atoms with Crippen molar-refractivity contribution in [1.29, 1.82) is 0 Å². The molecule has 6 nitrogen and oxygen atoms in total. The summed E-state index contributed by atoms with van der Waals surface area (Å²) in [7, 11) is 0. The normalized spacial score (nSPS) is 10.5. The summed E-state index contributed by atoms with van der Waals surface area (Å²) in [6.45, 7) is 6.69. The van der Waals surface area contributed by atoms with Gasteiger partial charge < -0.3 is 14.2 Å². The number of rotatable bonds is 12. The molecule has 0 spiro atoms. The van der Waals surface area contributed by atoms with Crippen LogP contribution >= 0.6 is 0 Å². The van der Waals surface area contributed by atoms with E-state index in [1.54, 1.807) is 18.2 Å². The molecule has 2 aromatic rings. The molecule has 2 rings (SSSR count). The van der Waals surface area contributed by atoms with Crippen LogP contribution in [0.5, 0.6) is 17.2 Å². The lowest BCUT2D eigenvalue weighted by molar-refractivity contribution is -0.123. The van der Waals surface area contributed by atoms with Crippen molar-refractivity contribution in [3.63, 3.8) is 0 Å². The van der Waals surface area contributed by atoms with Gasteiger partial charge in [-0.3, -0.25) is 4.79 Å². The van der Waals surface area contributed by atoms with Gasteiger partial charge in [-0.25, -0.2) is 5.43 Å². The maximum atomic E-state index is 11.9. The van der Waals surface area contributed by atoms with Crippen LogP contribution in [0.2, 0.25) is 0 Å². The number of unbranched alkanes of at least 4 members (excludes halogenated alkanes) is 1. The molecule has 0 aliphatic heterocycles. The first-order chi connectivity index (χ1) is 13.7. The Labute approximate surface area is 165 Å². The van der Waals surface area contributed by atoms with Crippen LogP contribution in [0.15, 0.2) is 66.3 Å². The summed E-state index contributed by atoms with van der Waals surface area (Å²) >= 11 is 0. The second kappa shape index (κ2) is 12.2. The second-order valence-electron chi connectivity index (χ2n) is 5.89. The largest absolute Gasteiger partial charge is 0.494 e. The molecule has 0 aliphatic rings. The van der Waals surface area contributed by atoms with Crippen LogP contribution in [-0.2, 0) is 4.79 Å². The van der Waals surface area contributed by atoms with Crippen LogP contribution in [0.1, 0.15) is 25.3 Å². The van der Waals surface area contributed by atoms with Gasteiger partial charge in [-0.05, 0) is 42.8 Å². The van der Waals surface area contributed by atoms with Crippen LogP contribution in [0.25, 0.3) is 0 Å². The highest BCUT2D eigenvalue weighted by Crippen LogP contribution is 2.18. The Morgan fingerprint density at radius 1 is 1.07 bits per heavy atom. The number of nitrogens with zero attached hydrogens (tertiary/aromatic N) is 1. The molecule has 0 heterocycles. The van der Waals surface area contributed by atoms with E-state index in [9.17, 15) is 4.79 Å². The van der Waals surface area contributed by atoms with Gasteiger partial charge >= 0.3 is 0 Å². The molecule has 0 atom stereocenters. The highest BCUT2D eigenvalue weighted by Gasteiger charge is 2.03. The number of benzene rings is 2. The Bertz CT molecular complexity index is 772. The third-order valence-electron chi connectivity index (χ3n) is 3.63. The standard InChI is InChI=1S/C22H26N2O4/c1-3-5-15-26-19-10-12-20(13-11-19)28-17-22(25)24-23-16-18-8-6-7-9-21(18)27-14-4-2/h4,6-13,16H,2-3,5,14-15,17H2,1H3,(H,24,25). The summed E-state index contributed by atoms with van der Waals surface area (Å²) in [6, 6.07) is 14.6. The minimum atomic E-state index is -0.357. The van der Waals surface area contributed by atoms with Crippen LogP contribution in [0.3, 0.4) is 0 Å². The minimum absolute atomic E-state index is 0.137. The Hall–Kier alpha value is -3.28. The highest BCUT2D eigenvalue weighted by molar-refractivity contribution is 5.85. The predicted molar refractivity (Wildman–Crippen MR) is 110 cm³/mol. The molecule has 1 N–H and O–H groups in total. The lowest BCUT2D eigenvalue weighted by Gasteiger charge is -2.08. The van der Waals surface area contributed by atoms with E-state index in [4.69, 9.17) is 14.2 Å². The Balaban J connectivity index is 1.77. The van der Waals surface area contributed by atoms with E-state index in [0.717, 1.165) is 24.2 Å². The maximum absolute atomic E-state index is 11.9. The molecule has 0 radical (unpaired) electrons. The van der Waals surface area contributed by atoms with Gasteiger partial charge in [-0.1, -0.05) is 38.1 Å². The number of ether oxygens (including phenoxy) is 3. The fourth-order valence-corrected chi connectivity index (χ4v) is 2.19. The molecule has 0 saturated heterocycles. The summed E-state index contributed by atoms with van der Waals surface area (Å²) in [5, 5.41) is 3.95. The van der Waals surface area contributed by atoms with Crippen LogP contribution < -0.4 is 19.6 Å². The molecule has 1 amide bonds. The van der Waals surface area contributed by atoms with Crippen molar-refractivity contribution < 1.29 is 19.0 Å². The Morgan fingerprint density at radius 3 is 2.50 bits per heavy atom. The fourth-order valence-electron chi connectivity index (χ4n) is 2.19. The third kappa shape index (κ3) is 7.53. The Morgan fingerprint density at radius 2 is 1.79 bits per heavy atom. The van der Waals surface area contributed by atoms with E-state index in [-0.39, 0.29) is 12.5 Å². The molecule has 0 bridgehead atoms. The molecular formula is C22H26N2O4. The average Bonchev–Trinajstić information content (AvgIpc) is 2.72. The van der Waals surface area contributed by atoms with E-state index < -0.39 is 0 Å². The van der Waals surface area contributed by atoms with Crippen molar-refractivity contribution in [2.24, 2.45) is 5.10 Å². The van der Waals surface area contributed by atoms with Crippen LogP contribution in [0, 0.1) is 0 Å².